The molecule has 0 fully saturated rings. The summed E-state index contributed by atoms with van der Waals surface area (Å²) in [5.41, 5.74) is 13.3. The Hall–Kier alpha value is -8.41. The Bertz CT molecular complexity index is 4090. The van der Waals surface area contributed by atoms with Gasteiger partial charge in [0.05, 0.1) is 23.5 Å². The lowest BCUT2D eigenvalue weighted by Crippen LogP contribution is -2.17. The highest BCUT2D eigenvalue weighted by Gasteiger charge is 2.38. The maximum atomic E-state index is 9.16. The van der Waals surface area contributed by atoms with Gasteiger partial charge >= 0.3 is 0 Å². The van der Waals surface area contributed by atoms with Crippen LogP contribution in [0.15, 0.2) is 211 Å². The third-order valence-corrected chi connectivity index (χ3v) is 13.1. The zero-order valence-corrected chi connectivity index (χ0v) is 35.4. The Balaban J connectivity index is 1.14. The third-order valence-electron chi connectivity index (χ3n) is 13.1. The normalized spacial score (nSPS) is 14.0. The van der Waals surface area contributed by atoms with Crippen LogP contribution in [0.4, 0.5) is 0 Å². The predicted octanol–water partition coefficient (Wildman–Crippen LogP) is 15.5. The maximum absolute atomic E-state index is 9.16. The lowest BCUT2D eigenvalue weighted by Gasteiger charge is -2.24. The van der Waals surface area contributed by atoms with E-state index in [2.05, 4.69) is 140 Å². The Labute approximate surface area is 383 Å². The van der Waals surface area contributed by atoms with Crippen molar-refractivity contribution in [1.82, 2.24) is 19.5 Å². The second kappa shape index (κ2) is 14.3. The first-order chi connectivity index (χ1) is 34.1. The van der Waals surface area contributed by atoms with E-state index in [4.69, 9.17) is 26.2 Å². The van der Waals surface area contributed by atoms with E-state index in [1.165, 1.54) is 5.56 Å². The molecule has 306 valence electrons. The van der Waals surface area contributed by atoms with Crippen LogP contribution in [-0.4, -0.2) is 19.5 Å². The highest BCUT2D eigenvalue weighted by Crippen LogP contribution is 2.52. The van der Waals surface area contributed by atoms with Crippen molar-refractivity contribution < 1.29 is 11.3 Å². The molecule has 65 heavy (non-hydrogen) atoms. The van der Waals surface area contributed by atoms with E-state index in [1.54, 1.807) is 0 Å². The van der Waals surface area contributed by atoms with Gasteiger partial charge in [-0.25, -0.2) is 15.0 Å². The molecule has 1 aliphatic carbocycles. The Kier molecular flexibility index (Phi) is 7.11. The molecule has 3 aromatic heterocycles. The topological polar surface area (TPSA) is 56.7 Å². The van der Waals surface area contributed by atoms with Crippen molar-refractivity contribution in [2.24, 2.45) is 0 Å². The molecule has 0 unspecified atom stereocenters. The molecule has 0 aliphatic heterocycles. The maximum Gasteiger partial charge on any atom is 0.167 e. The number of furan rings is 1. The molecule has 9 aromatic carbocycles. The minimum Gasteiger partial charge on any atom is -0.455 e. The fraction of sp³-hybridized carbons (Fsp3) is 0.0500. The van der Waals surface area contributed by atoms with Crippen molar-refractivity contribution in [3.05, 3.63) is 217 Å². The van der Waals surface area contributed by atoms with Gasteiger partial charge in [-0.3, -0.25) is 0 Å². The summed E-state index contributed by atoms with van der Waals surface area (Å²) in [6, 6.07) is 58.1. The molecule has 12 aromatic rings. The second-order valence-corrected chi connectivity index (χ2v) is 17.2. The van der Waals surface area contributed by atoms with Gasteiger partial charge in [0.1, 0.15) is 11.2 Å². The van der Waals surface area contributed by atoms with E-state index in [-0.39, 0.29) is 17.2 Å². The average Bonchev–Trinajstić information content (AvgIpc) is 4.03. The lowest BCUT2D eigenvalue weighted by molar-refractivity contribution is 0.661. The van der Waals surface area contributed by atoms with Gasteiger partial charge < -0.3 is 8.98 Å². The minimum atomic E-state index is -0.499. The van der Waals surface area contributed by atoms with E-state index in [1.807, 2.05) is 54.6 Å². The van der Waals surface area contributed by atoms with E-state index in [0.717, 1.165) is 82.8 Å². The summed E-state index contributed by atoms with van der Waals surface area (Å²) in [5, 5.41) is 3.92. The largest absolute Gasteiger partial charge is 0.455 e. The van der Waals surface area contributed by atoms with Crippen LogP contribution in [0.2, 0.25) is 0 Å². The third kappa shape index (κ3) is 5.75. The van der Waals surface area contributed by atoms with Crippen molar-refractivity contribution in [3.8, 4) is 73.2 Å². The lowest BCUT2D eigenvalue weighted by atomic mass is 9.80. The highest BCUT2D eigenvalue weighted by atomic mass is 16.3. The Morgan fingerprint density at radius 1 is 0.431 bits per heavy atom. The summed E-state index contributed by atoms with van der Waals surface area (Å²) in [7, 11) is 0. The van der Waals surface area contributed by atoms with Crippen LogP contribution in [0.3, 0.4) is 0 Å². The number of hydrogen-bond donors (Lipinski definition) is 0. The molecule has 13 rings (SSSR count). The van der Waals surface area contributed by atoms with Crippen LogP contribution >= 0.6 is 0 Å². The van der Waals surface area contributed by atoms with Gasteiger partial charge in [-0.05, 0) is 69.3 Å². The number of nitrogens with zero attached hydrogens (tertiary/aromatic N) is 4. The average molecular weight is 838 g/mol. The van der Waals surface area contributed by atoms with Crippen molar-refractivity contribution in [2.45, 2.75) is 19.3 Å². The van der Waals surface area contributed by atoms with E-state index in [0.29, 0.717) is 22.6 Å². The number of rotatable bonds is 6. The molecule has 1 aliphatic rings. The molecule has 5 nitrogen and oxygen atoms in total. The molecule has 0 spiro atoms. The molecular weight excluding hydrogens is 793 g/mol. The van der Waals surface area contributed by atoms with Crippen molar-refractivity contribution in [1.29, 1.82) is 0 Å². The van der Waals surface area contributed by atoms with Gasteiger partial charge in [0.2, 0.25) is 0 Å². The van der Waals surface area contributed by atoms with Gasteiger partial charge in [0.15, 0.2) is 17.5 Å². The van der Waals surface area contributed by atoms with Gasteiger partial charge in [-0.1, -0.05) is 190 Å². The first-order valence-electron chi connectivity index (χ1n) is 24.3. The van der Waals surface area contributed by atoms with Gasteiger partial charge in [-0.15, -0.1) is 0 Å². The molecule has 0 amide bonds. The molecule has 5 heteroatoms. The summed E-state index contributed by atoms with van der Waals surface area (Å²) < 4.78 is 53.7. The highest BCUT2D eigenvalue weighted by molar-refractivity contribution is 6.15. The SMILES string of the molecule is [2H]c1c([2H])c([2H])c(-c2nc(-c3cccc4c3C(C)(C)c3ccccc3-4)nc(-c3cc(-n4c5ccccc5c5ccccc54)cc4c3oc3c(-c5cccc(-c6ccccc6)c5)cccc34)n2)c([2H])c1[2H]. The summed E-state index contributed by atoms with van der Waals surface area (Å²) in [6.45, 7) is 4.39. The fourth-order valence-corrected chi connectivity index (χ4v) is 10.2. The quantitative estimate of drug-likeness (QED) is 0.167. The molecule has 0 bridgehead atoms. The molecule has 3 heterocycles. The number of para-hydroxylation sites is 3. The van der Waals surface area contributed by atoms with Gasteiger partial charge in [-0.2, -0.15) is 0 Å². The Morgan fingerprint density at radius 3 is 1.80 bits per heavy atom. The summed E-state index contributed by atoms with van der Waals surface area (Å²) in [5.74, 6) is 0.472. The standard InChI is InChI=1S/C60H40N4O/c1-60(2)51-31-12-9-24-43(51)46-28-17-30-48(54(46)60)58-61-57(38-20-7-4-8-21-38)62-59(63-58)50-36-41(64-52-32-13-10-25-44(52)45-26-11-14-33-53(45)64)35-49-47-29-16-27-42(55(47)65-56(49)50)40-23-15-22-39(34-40)37-18-5-3-6-19-37/h3-36H,1-2H3/i4D,7D,8D,20D,21D. The fourth-order valence-electron chi connectivity index (χ4n) is 10.2. The predicted molar refractivity (Wildman–Crippen MR) is 266 cm³/mol. The zero-order valence-electron chi connectivity index (χ0n) is 40.4. The van der Waals surface area contributed by atoms with Gasteiger partial charge in [0, 0.05) is 49.3 Å². The zero-order chi connectivity index (χ0) is 47.6. The summed E-state index contributed by atoms with van der Waals surface area (Å²) in [4.78, 5) is 15.6. The van der Waals surface area contributed by atoms with Crippen LogP contribution in [0.25, 0.3) is 117 Å². The van der Waals surface area contributed by atoms with Crippen molar-refractivity contribution in [3.63, 3.8) is 0 Å². The molecule has 0 atom stereocenters. The Morgan fingerprint density at radius 2 is 1.00 bits per heavy atom. The molecule has 0 saturated heterocycles. The molecule has 0 radical (unpaired) electrons. The van der Waals surface area contributed by atoms with Crippen molar-refractivity contribution in [2.75, 3.05) is 0 Å². The first kappa shape index (κ1) is 32.3. The molecule has 0 N–H and O–H groups in total. The summed E-state index contributed by atoms with van der Waals surface area (Å²) >= 11 is 0. The van der Waals surface area contributed by atoms with Gasteiger partial charge in [0.25, 0.3) is 0 Å². The number of hydrogen-bond acceptors (Lipinski definition) is 4. The van der Waals surface area contributed by atoms with Crippen LogP contribution in [-0.2, 0) is 5.41 Å². The van der Waals surface area contributed by atoms with E-state index >= 15 is 0 Å². The van der Waals surface area contributed by atoms with Crippen LogP contribution < -0.4 is 0 Å². The monoisotopic (exact) mass is 837 g/mol. The smallest absolute Gasteiger partial charge is 0.167 e. The minimum absolute atomic E-state index is 0.0483. The van der Waals surface area contributed by atoms with Crippen LogP contribution in [0.5, 0.6) is 0 Å². The van der Waals surface area contributed by atoms with E-state index < -0.39 is 35.6 Å². The van der Waals surface area contributed by atoms with Crippen LogP contribution in [0, 0.1) is 0 Å². The second-order valence-electron chi connectivity index (χ2n) is 17.2. The molecular formula is C60H40N4O. The van der Waals surface area contributed by atoms with Crippen molar-refractivity contribution >= 4 is 43.7 Å². The van der Waals surface area contributed by atoms with E-state index in [9.17, 15) is 0 Å². The van der Waals surface area contributed by atoms with Crippen LogP contribution in [0.1, 0.15) is 31.8 Å². The number of aromatic nitrogens is 4. The number of benzene rings is 9. The molecule has 0 saturated carbocycles. The summed E-state index contributed by atoms with van der Waals surface area (Å²) in [6.07, 6.45) is 0. The first-order valence-corrected chi connectivity index (χ1v) is 21.8. The number of fused-ring (bicyclic) bond motifs is 9.